The summed E-state index contributed by atoms with van der Waals surface area (Å²) >= 11 is 3.41. The molecule has 2 aromatic carbocycles. The van der Waals surface area contributed by atoms with Crippen LogP contribution in [-0.4, -0.2) is 4.92 Å². The van der Waals surface area contributed by atoms with Gasteiger partial charge in [-0.05, 0) is 40.5 Å². The number of nitro groups is 1. The Balaban J connectivity index is 2.38. The number of non-ortho nitro benzene ring substituents is 1. The summed E-state index contributed by atoms with van der Waals surface area (Å²) in [5, 5.41) is 13.6. The zero-order valence-corrected chi connectivity index (χ0v) is 11.6. The van der Waals surface area contributed by atoms with Gasteiger partial charge in [0.25, 0.3) is 5.69 Å². The molecule has 0 aliphatic carbocycles. The zero-order valence-electron chi connectivity index (χ0n) is 9.98. The van der Waals surface area contributed by atoms with E-state index in [0.29, 0.717) is 5.69 Å². The molecule has 0 saturated heterocycles. The summed E-state index contributed by atoms with van der Waals surface area (Å²) in [6, 6.07) is 8.95. The van der Waals surface area contributed by atoms with Gasteiger partial charge in [0.2, 0.25) is 0 Å². The number of anilines is 2. The van der Waals surface area contributed by atoms with Crippen molar-refractivity contribution in [1.82, 2.24) is 0 Å². The Bertz CT molecular complexity index is 647. The molecule has 0 aromatic heterocycles. The molecule has 0 atom stereocenters. The van der Waals surface area contributed by atoms with Gasteiger partial charge in [-0.3, -0.25) is 10.1 Å². The molecular weight excluding hydrogens is 315 g/mol. The third-order valence-corrected chi connectivity index (χ3v) is 3.62. The Kier molecular flexibility index (Phi) is 3.80. The van der Waals surface area contributed by atoms with Gasteiger partial charge < -0.3 is 5.32 Å². The van der Waals surface area contributed by atoms with Crippen LogP contribution in [-0.2, 0) is 0 Å². The van der Waals surface area contributed by atoms with Crippen LogP contribution < -0.4 is 5.32 Å². The maximum atomic E-state index is 13.3. The van der Waals surface area contributed by atoms with E-state index >= 15 is 0 Å². The number of nitrogens with one attached hydrogen (secondary N) is 1. The van der Waals surface area contributed by atoms with Crippen LogP contribution in [0.1, 0.15) is 5.56 Å². The van der Waals surface area contributed by atoms with Crippen LogP contribution in [0.3, 0.4) is 0 Å². The first-order valence-corrected chi connectivity index (χ1v) is 6.24. The maximum Gasteiger partial charge on any atom is 0.274 e. The average molecular weight is 325 g/mol. The van der Waals surface area contributed by atoms with Crippen LogP contribution >= 0.6 is 15.9 Å². The molecule has 98 valence electrons. The van der Waals surface area contributed by atoms with Gasteiger partial charge in [-0.1, -0.05) is 12.1 Å². The van der Waals surface area contributed by atoms with E-state index in [-0.39, 0.29) is 5.69 Å². The normalized spacial score (nSPS) is 10.3. The van der Waals surface area contributed by atoms with Crippen molar-refractivity contribution in [3.63, 3.8) is 0 Å². The molecule has 0 heterocycles. The van der Waals surface area contributed by atoms with Crippen LogP contribution in [0.25, 0.3) is 0 Å². The summed E-state index contributed by atoms with van der Waals surface area (Å²) in [6.07, 6.45) is 0. The lowest BCUT2D eigenvalue weighted by atomic mass is 10.2. The van der Waals surface area contributed by atoms with E-state index in [1.165, 1.54) is 12.1 Å². The average Bonchev–Trinajstić information content (AvgIpc) is 2.34. The lowest BCUT2D eigenvalue weighted by Crippen LogP contribution is -1.96. The summed E-state index contributed by atoms with van der Waals surface area (Å²) < 4.78 is 14.1. The van der Waals surface area contributed by atoms with E-state index in [0.717, 1.165) is 21.8 Å². The van der Waals surface area contributed by atoms with E-state index < -0.39 is 10.7 Å². The van der Waals surface area contributed by atoms with Gasteiger partial charge in [-0.15, -0.1) is 0 Å². The van der Waals surface area contributed by atoms with Crippen LogP contribution in [0.4, 0.5) is 21.5 Å². The maximum absolute atomic E-state index is 13.3. The standard InChI is InChI=1S/C13H10BrFN2O2/c1-8-3-2-4-12(13(8)14)16-10-5-9(15)6-11(7-10)17(18)19/h2-7,16H,1H3. The van der Waals surface area contributed by atoms with Gasteiger partial charge in [-0.2, -0.15) is 0 Å². The lowest BCUT2D eigenvalue weighted by Gasteiger charge is -2.10. The van der Waals surface area contributed by atoms with Crippen molar-refractivity contribution < 1.29 is 9.31 Å². The number of nitrogens with zero attached hydrogens (tertiary/aromatic N) is 1. The Morgan fingerprint density at radius 1 is 1.32 bits per heavy atom. The number of hydrogen-bond acceptors (Lipinski definition) is 3. The Morgan fingerprint density at radius 2 is 2.05 bits per heavy atom. The Labute approximate surface area is 117 Å². The summed E-state index contributed by atoms with van der Waals surface area (Å²) in [6.45, 7) is 1.92. The van der Waals surface area contributed by atoms with Crippen molar-refractivity contribution in [3.8, 4) is 0 Å². The first-order valence-electron chi connectivity index (χ1n) is 5.44. The monoisotopic (exact) mass is 324 g/mol. The second kappa shape index (κ2) is 5.36. The van der Waals surface area contributed by atoms with E-state index in [1.807, 2.05) is 19.1 Å². The quantitative estimate of drug-likeness (QED) is 0.665. The summed E-state index contributed by atoms with van der Waals surface area (Å²) in [5.41, 5.74) is 1.78. The van der Waals surface area contributed by atoms with Crippen LogP contribution in [0, 0.1) is 22.9 Å². The van der Waals surface area contributed by atoms with Crippen molar-refractivity contribution in [3.05, 3.63) is 62.4 Å². The van der Waals surface area contributed by atoms with E-state index in [1.54, 1.807) is 6.07 Å². The highest BCUT2D eigenvalue weighted by atomic mass is 79.9. The molecular formula is C13H10BrFN2O2. The van der Waals surface area contributed by atoms with Crippen molar-refractivity contribution in [2.24, 2.45) is 0 Å². The van der Waals surface area contributed by atoms with Crippen molar-refractivity contribution in [1.29, 1.82) is 0 Å². The predicted molar refractivity (Wildman–Crippen MR) is 75.2 cm³/mol. The molecule has 0 fully saturated rings. The van der Waals surface area contributed by atoms with Gasteiger partial charge >= 0.3 is 0 Å². The number of aryl methyl sites for hydroxylation is 1. The Hall–Kier alpha value is -1.95. The Morgan fingerprint density at radius 3 is 2.74 bits per heavy atom. The number of nitro benzene ring substituents is 1. The van der Waals surface area contributed by atoms with Gasteiger partial charge in [0.15, 0.2) is 0 Å². The zero-order chi connectivity index (χ0) is 14.0. The molecule has 0 spiro atoms. The van der Waals surface area contributed by atoms with Gasteiger partial charge in [0.05, 0.1) is 16.7 Å². The highest BCUT2D eigenvalue weighted by Gasteiger charge is 2.11. The first-order chi connectivity index (χ1) is 8.97. The fraction of sp³-hybridized carbons (Fsp3) is 0.0769. The van der Waals surface area contributed by atoms with Gasteiger partial charge in [0, 0.05) is 16.2 Å². The molecule has 0 radical (unpaired) electrons. The number of benzene rings is 2. The summed E-state index contributed by atoms with van der Waals surface area (Å²) in [7, 11) is 0. The third kappa shape index (κ3) is 3.08. The minimum absolute atomic E-state index is 0.286. The molecule has 0 bridgehead atoms. The molecule has 0 aliphatic rings. The van der Waals surface area contributed by atoms with Crippen molar-refractivity contribution >= 4 is 33.0 Å². The first kappa shape index (κ1) is 13.5. The molecule has 1 N–H and O–H groups in total. The number of hydrogen-bond donors (Lipinski definition) is 1. The molecule has 0 amide bonds. The second-order valence-electron chi connectivity index (χ2n) is 4.02. The van der Waals surface area contributed by atoms with E-state index in [2.05, 4.69) is 21.2 Å². The molecule has 2 rings (SSSR count). The molecule has 2 aromatic rings. The topological polar surface area (TPSA) is 55.2 Å². The largest absolute Gasteiger partial charge is 0.354 e. The van der Waals surface area contributed by atoms with Gasteiger partial charge in [0.1, 0.15) is 5.82 Å². The van der Waals surface area contributed by atoms with Crippen molar-refractivity contribution in [2.75, 3.05) is 5.32 Å². The third-order valence-electron chi connectivity index (χ3n) is 2.56. The molecule has 0 unspecified atom stereocenters. The number of rotatable bonds is 3. The minimum Gasteiger partial charge on any atom is -0.354 e. The minimum atomic E-state index is -0.652. The summed E-state index contributed by atoms with van der Waals surface area (Å²) in [5.74, 6) is -0.652. The molecule has 4 nitrogen and oxygen atoms in total. The van der Waals surface area contributed by atoms with Crippen molar-refractivity contribution in [2.45, 2.75) is 6.92 Å². The van der Waals surface area contributed by atoms with Crippen LogP contribution in [0.15, 0.2) is 40.9 Å². The van der Waals surface area contributed by atoms with Crippen LogP contribution in [0.2, 0.25) is 0 Å². The highest BCUT2D eigenvalue weighted by Crippen LogP contribution is 2.30. The smallest absolute Gasteiger partial charge is 0.274 e. The lowest BCUT2D eigenvalue weighted by molar-refractivity contribution is -0.385. The van der Waals surface area contributed by atoms with Gasteiger partial charge in [-0.25, -0.2) is 4.39 Å². The summed E-state index contributed by atoms with van der Waals surface area (Å²) in [4.78, 5) is 10.1. The second-order valence-corrected chi connectivity index (χ2v) is 4.81. The molecule has 19 heavy (non-hydrogen) atoms. The van der Waals surface area contributed by atoms with E-state index in [9.17, 15) is 14.5 Å². The fourth-order valence-electron chi connectivity index (χ4n) is 1.65. The predicted octanol–water partition coefficient (Wildman–Crippen LogP) is 4.55. The number of halogens is 2. The molecule has 6 heteroatoms. The highest BCUT2D eigenvalue weighted by molar-refractivity contribution is 9.10. The molecule has 0 saturated carbocycles. The fourth-order valence-corrected chi connectivity index (χ4v) is 2.01. The molecule has 0 aliphatic heterocycles. The van der Waals surface area contributed by atoms with E-state index in [4.69, 9.17) is 0 Å². The SMILES string of the molecule is Cc1cccc(Nc2cc(F)cc([N+](=O)[O-])c2)c1Br. The van der Waals surface area contributed by atoms with Crippen LogP contribution in [0.5, 0.6) is 0 Å².